The van der Waals surface area contributed by atoms with Crippen molar-refractivity contribution in [2.45, 2.75) is 31.3 Å². The zero-order chi connectivity index (χ0) is 20.8. The summed E-state index contributed by atoms with van der Waals surface area (Å²) in [5.74, 6) is 2.54. The van der Waals surface area contributed by atoms with E-state index < -0.39 is 0 Å². The molecule has 3 aromatic heterocycles. The van der Waals surface area contributed by atoms with Gasteiger partial charge in [-0.3, -0.25) is 4.98 Å². The summed E-state index contributed by atoms with van der Waals surface area (Å²) in [4.78, 5) is 11.6. The summed E-state index contributed by atoms with van der Waals surface area (Å²) in [5, 5.41) is 8.22. The molecule has 0 bridgehead atoms. The van der Waals surface area contributed by atoms with Crippen LogP contribution in [0.2, 0.25) is 0 Å². The number of aromatic nitrogens is 4. The number of benzene rings is 1. The van der Waals surface area contributed by atoms with Crippen molar-refractivity contribution in [1.29, 1.82) is 0 Å². The molecule has 1 saturated heterocycles. The van der Waals surface area contributed by atoms with Crippen LogP contribution < -0.4 is 16.0 Å². The van der Waals surface area contributed by atoms with E-state index in [2.05, 4.69) is 50.6 Å². The minimum atomic E-state index is 0.236. The van der Waals surface area contributed by atoms with Crippen LogP contribution in [0.1, 0.15) is 29.9 Å². The van der Waals surface area contributed by atoms with E-state index in [1.54, 1.807) is 0 Å². The summed E-state index contributed by atoms with van der Waals surface area (Å²) in [6, 6.07) is 16.8. The fourth-order valence-corrected chi connectivity index (χ4v) is 4.16. The van der Waals surface area contributed by atoms with Crippen molar-refractivity contribution in [3.8, 4) is 11.3 Å². The van der Waals surface area contributed by atoms with E-state index >= 15 is 0 Å². The number of rotatable bonds is 6. The number of pyridine rings is 1. The van der Waals surface area contributed by atoms with Gasteiger partial charge in [0.2, 0.25) is 0 Å². The summed E-state index contributed by atoms with van der Waals surface area (Å²) >= 11 is 0. The van der Waals surface area contributed by atoms with Crippen molar-refractivity contribution in [2.75, 3.05) is 23.3 Å². The molecular formula is C24H25N7. The molecule has 1 aromatic carbocycles. The number of nitrogens with zero attached hydrogens (tertiary/aromatic N) is 5. The van der Waals surface area contributed by atoms with Crippen LogP contribution in [0.4, 0.5) is 11.6 Å². The fourth-order valence-electron chi connectivity index (χ4n) is 4.16. The standard InChI is InChI=1S/C24H25N7/c25-19-14-30(15-19)23-11-22(31-24(29-23)20(13-28-31)17-8-9-17)27-12-16-4-6-18(7-5-16)21-3-1-2-10-26-21/h1-7,10-11,13,17,19,27H,8-9,12,14-15,25H2. The Hall–Kier alpha value is -3.45. The molecule has 3 N–H and O–H groups in total. The summed E-state index contributed by atoms with van der Waals surface area (Å²) < 4.78 is 1.94. The van der Waals surface area contributed by atoms with Crippen molar-refractivity contribution >= 4 is 17.3 Å². The molecule has 156 valence electrons. The van der Waals surface area contributed by atoms with Gasteiger partial charge in [0.05, 0.1) is 11.9 Å². The third-order valence-electron chi connectivity index (χ3n) is 6.12. The van der Waals surface area contributed by atoms with Crippen molar-refractivity contribution in [3.63, 3.8) is 0 Å². The lowest BCUT2D eigenvalue weighted by Gasteiger charge is -2.38. The van der Waals surface area contributed by atoms with Gasteiger partial charge in [0.15, 0.2) is 5.65 Å². The highest BCUT2D eigenvalue weighted by atomic mass is 15.3. The normalized spacial score (nSPS) is 16.5. The Morgan fingerprint density at radius 1 is 1.06 bits per heavy atom. The maximum Gasteiger partial charge on any atom is 0.163 e. The maximum atomic E-state index is 6.01. The van der Waals surface area contributed by atoms with Gasteiger partial charge in [0.25, 0.3) is 0 Å². The SMILES string of the molecule is NC1CN(c2cc(NCc3ccc(-c4ccccn4)cc3)n3ncc(C4CC4)c3n2)C1. The number of hydrogen-bond donors (Lipinski definition) is 2. The van der Waals surface area contributed by atoms with Crippen molar-refractivity contribution in [2.24, 2.45) is 5.73 Å². The van der Waals surface area contributed by atoms with E-state index in [1.165, 1.54) is 24.0 Å². The predicted molar refractivity (Wildman–Crippen MR) is 122 cm³/mol. The monoisotopic (exact) mass is 411 g/mol. The molecule has 0 amide bonds. The lowest BCUT2D eigenvalue weighted by atomic mass is 10.1. The van der Waals surface area contributed by atoms with Crippen LogP contribution >= 0.6 is 0 Å². The third kappa shape index (κ3) is 3.51. The van der Waals surface area contributed by atoms with Crippen molar-refractivity contribution in [3.05, 3.63) is 72.1 Å². The highest BCUT2D eigenvalue weighted by Crippen LogP contribution is 2.42. The largest absolute Gasteiger partial charge is 0.366 e. The van der Waals surface area contributed by atoms with Gasteiger partial charge in [-0.05, 0) is 36.5 Å². The van der Waals surface area contributed by atoms with Crippen LogP contribution in [0.15, 0.2) is 60.9 Å². The molecule has 0 spiro atoms. The molecule has 4 heterocycles. The van der Waals surface area contributed by atoms with E-state index in [0.29, 0.717) is 12.5 Å². The van der Waals surface area contributed by atoms with Crippen LogP contribution in [0.3, 0.4) is 0 Å². The van der Waals surface area contributed by atoms with E-state index in [0.717, 1.165) is 41.6 Å². The van der Waals surface area contributed by atoms with Crippen LogP contribution in [-0.4, -0.2) is 38.7 Å². The predicted octanol–water partition coefficient (Wildman–Crippen LogP) is 3.43. The fraction of sp³-hybridized carbons (Fsp3) is 0.292. The van der Waals surface area contributed by atoms with Gasteiger partial charge in [-0.15, -0.1) is 0 Å². The van der Waals surface area contributed by atoms with Crippen LogP contribution in [0, 0.1) is 0 Å². The van der Waals surface area contributed by atoms with Crippen LogP contribution in [-0.2, 0) is 6.54 Å². The van der Waals surface area contributed by atoms with Gasteiger partial charge in [0.1, 0.15) is 11.6 Å². The Balaban J connectivity index is 1.26. The Morgan fingerprint density at radius 3 is 2.61 bits per heavy atom. The molecule has 31 heavy (non-hydrogen) atoms. The number of fused-ring (bicyclic) bond motifs is 1. The summed E-state index contributed by atoms with van der Waals surface area (Å²) in [6.45, 7) is 2.41. The molecule has 1 aliphatic heterocycles. The number of nitrogens with two attached hydrogens (primary N) is 1. The van der Waals surface area contributed by atoms with E-state index in [9.17, 15) is 0 Å². The van der Waals surface area contributed by atoms with Gasteiger partial charge >= 0.3 is 0 Å². The smallest absolute Gasteiger partial charge is 0.163 e. The second-order valence-corrected chi connectivity index (χ2v) is 8.54. The maximum absolute atomic E-state index is 6.01. The molecule has 1 aliphatic carbocycles. The average Bonchev–Trinajstić information content (AvgIpc) is 3.55. The van der Waals surface area contributed by atoms with Gasteiger partial charge in [-0.1, -0.05) is 30.3 Å². The Kier molecular flexibility index (Phi) is 4.35. The van der Waals surface area contributed by atoms with E-state index in [1.807, 2.05) is 35.1 Å². The minimum absolute atomic E-state index is 0.236. The third-order valence-corrected chi connectivity index (χ3v) is 6.12. The first kappa shape index (κ1) is 18.3. The first-order valence-electron chi connectivity index (χ1n) is 10.9. The summed E-state index contributed by atoms with van der Waals surface area (Å²) in [5.41, 5.74) is 11.5. The first-order chi connectivity index (χ1) is 15.2. The molecule has 4 aromatic rings. The molecular weight excluding hydrogens is 386 g/mol. The molecule has 0 unspecified atom stereocenters. The molecule has 2 fully saturated rings. The highest BCUT2D eigenvalue weighted by Gasteiger charge is 2.30. The van der Waals surface area contributed by atoms with E-state index in [-0.39, 0.29) is 6.04 Å². The Bertz CT molecular complexity index is 1210. The zero-order valence-corrected chi connectivity index (χ0v) is 17.3. The van der Waals surface area contributed by atoms with Crippen molar-refractivity contribution in [1.82, 2.24) is 19.6 Å². The second kappa shape index (κ2) is 7.35. The second-order valence-electron chi connectivity index (χ2n) is 8.54. The van der Waals surface area contributed by atoms with Gasteiger partial charge in [0, 0.05) is 49.1 Å². The van der Waals surface area contributed by atoms with Gasteiger partial charge in [-0.2, -0.15) is 9.61 Å². The Labute approximate surface area is 180 Å². The first-order valence-corrected chi connectivity index (χ1v) is 10.9. The molecule has 7 heteroatoms. The topological polar surface area (TPSA) is 84.4 Å². The number of nitrogens with one attached hydrogen (secondary N) is 1. The molecule has 6 rings (SSSR count). The molecule has 2 aliphatic rings. The zero-order valence-electron chi connectivity index (χ0n) is 17.3. The highest BCUT2D eigenvalue weighted by molar-refractivity contribution is 5.63. The van der Waals surface area contributed by atoms with Crippen molar-refractivity contribution < 1.29 is 0 Å². The van der Waals surface area contributed by atoms with Gasteiger partial charge < -0.3 is 16.0 Å². The molecule has 1 saturated carbocycles. The van der Waals surface area contributed by atoms with Gasteiger partial charge in [-0.25, -0.2) is 4.98 Å². The summed E-state index contributed by atoms with van der Waals surface area (Å²) in [7, 11) is 0. The Morgan fingerprint density at radius 2 is 1.90 bits per heavy atom. The van der Waals surface area contributed by atoms with E-state index in [4.69, 9.17) is 10.7 Å². The lowest BCUT2D eigenvalue weighted by Crippen LogP contribution is -2.56. The quantitative estimate of drug-likeness (QED) is 0.506. The lowest BCUT2D eigenvalue weighted by molar-refractivity contribution is 0.514. The molecule has 0 radical (unpaired) electrons. The summed E-state index contributed by atoms with van der Waals surface area (Å²) in [6.07, 6.45) is 6.26. The van der Waals surface area contributed by atoms with Crippen LogP contribution in [0.5, 0.6) is 0 Å². The minimum Gasteiger partial charge on any atom is -0.366 e. The number of anilines is 2. The van der Waals surface area contributed by atoms with Crippen LogP contribution in [0.25, 0.3) is 16.9 Å². The number of hydrogen-bond acceptors (Lipinski definition) is 6. The molecule has 0 atom stereocenters. The molecule has 7 nitrogen and oxygen atoms in total. The average molecular weight is 412 g/mol.